The minimum Gasteiger partial charge on any atom is -0.351 e. The van der Waals surface area contributed by atoms with Crippen LogP contribution in [0.3, 0.4) is 0 Å². The van der Waals surface area contributed by atoms with Crippen molar-refractivity contribution in [1.82, 2.24) is 9.97 Å². The summed E-state index contributed by atoms with van der Waals surface area (Å²) < 4.78 is 0. The van der Waals surface area contributed by atoms with Crippen LogP contribution in [0.2, 0.25) is 0 Å². The lowest BCUT2D eigenvalue weighted by atomic mass is 9.95. The van der Waals surface area contributed by atoms with Crippen LogP contribution in [0, 0.1) is 0 Å². The van der Waals surface area contributed by atoms with Gasteiger partial charge >= 0.3 is 0 Å². The Balaban J connectivity index is 0.000000134. The number of nitrogens with zero attached hydrogens (tertiary/aromatic N) is 1. The van der Waals surface area contributed by atoms with Crippen LogP contribution in [0.5, 0.6) is 0 Å². The maximum atomic E-state index is 3.67. The molecule has 6 rings (SSSR count). The maximum absolute atomic E-state index is 3.67. The molecule has 5 aromatic carbocycles. The molecule has 130 valence electrons. The van der Waals surface area contributed by atoms with E-state index in [9.17, 15) is 0 Å². The Bertz CT molecular complexity index is 1040. The standard InChI is InChI=1S/C16H10.C6H6.C3H4N2/c1-3-11-7-9-13-5-2-6-14-10-8-12(4-1)15(11)16(13)14;1-2-4-6-5-3-1;1-2-5-3-4-1/h1-10H;1-6H;1-3H,(H,4,5). The highest BCUT2D eigenvalue weighted by Gasteiger charge is 2.05. The second-order valence-electron chi connectivity index (χ2n) is 6.20. The molecule has 0 saturated heterocycles. The van der Waals surface area contributed by atoms with Gasteiger partial charge in [-0.15, -0.1) is 0 Å². The number of rotatable bonds is 0. The van der Waals surface area contributed by atoms with Gasteiger partial charge in [0.2, 0.25) is 0 Å². The van der Waals surface area contributed by atoms with E-state index in [1.54, 1.807) is 18.7 Å². The van der Waals surface area contributed by atoms with Gasteiger partial charge in [-0.2, -0.15) is 0 Å². The van der Waals surface area contributed by atoms with E-state index in [2.05, 4.69) is 70.6 Å². The summed E-state index contributed by atoms with van der Waals surface area (Å²) in [5.74, 6) is 0. The Labute approximate surface area is 158 Å². The van der Waals surface area contributed by atoms with Crippen molar-refractivity contribution in [1.29, 1.82) is 0 Å². The zero-order chi connectivity index (χ0) is 18.3. The van der Waals surface area contributed by atoms with Gasteiger partial charge in [0, 0.05) is 12.4 Å². The van der Waals surface area contributed by atoms with Gasteiger partial charge in [-0.25, -0.2) is 4.98 Å². The van der Waals surface area contributed by atoms with Crippen molar-refractivity contribution in [2.75, 3.05) is 0 Å². The highest BCUT2D eigenvalue weighted by atomic mass is 14.8. The van der Waals surface area contributed by atoms with Gasteiger partial charge in [0.05, 0.1) is 6.33 Å². The number of aromatic amines is 1. The number of imidazole rings is 1. The first-order valence-corrected chi connectivity index (χ1v) is 8.99. The van der Waals surface area contributed by atoms with Crippen LogP contribution < -0.4 is 0 Å². The predicted octanol–water partition coefficient (Wildman–Crippen LogP) is 6.68. The topological polar surface area (TPSA) is 28.7 Å². The van der Waals surface area contributed by atoms with Crippen molar-refractivity contribution in [2.45, 2.75) is 0 Å². The molecule has 1 N–H and O–H groups in total. The van der Waals surface area contributed by atoms with Crippen LogP contribution in [-0.4, -0.2) is 9.97 Å². The van der Waals surface area contributed by atoms with Crippen molar-refractivity contribution in [3.63, 3.8) is 0 Å². The molecule has 0 atom stereocenters. The Morgan fingerprint density at radius 1 is 0.481 bits per heavy atom. The average Bonchev–Trinajstić information content (AvgIpc) is 3.34. The monoisotopic (exact) mass is 348 g/mol. The molecule has 0 amide bonds. The summed E-state index contributed by atoms with van der Waals surface area (Å²) in [7, 11) is 0. The summed E-state index contributed by atoms with van der Waals surface area (Å²) >= 11 is 0. The first-order chi connectivity index (χ1) is 13.4. The fourth-order valence-electron chi connectivity index (χ4n) is 3.27. The van der Waals surface area contributed by atoms with E-state index in [0.29, 0.717) is 0 Å². The van der Waals surface area contributed by atoms with Gasteiger partial charge in [-0.3, -0.25) is 0 Å². The molecule has 0 aliphatic carbocycles. The van der Waals surface area contributed by atoms with E-state index >= 15 is 0 Å². The first kappa shape index (κ1) is 16.8. The molecule has 0 saturated carbocycles. The molecule has 0 radical (unpaired) electrons. The minimum absolute atomic E-state index is 1.34. The summed E-state index contributed by atoms with van der Waals surface area (Å²) in [6.45, 7) is 0. The molecule has 0 fully saturated rings. The lowest BCUT2D eigenvalue weighted by Gasteiger charge is -2.09. The summed E-state index contributed by atoms with van der Waals surface area (Å²) in [6.07, 6.45) is 5.08. The highest BCUT2D eigenvalue weighted by molar-refractivity contribution is 6.22. The molecule has 6 aromatic rings. The fourth-order valence-corrected chi connectivity index (χ4v) is 3.27. The number of benzene rings is 5. The Morgan fingerprint density at radius 3 is 1.15 bits per heavy atom. The van der Waals surface area contributed by atoms with Gasteiger partial charge < -0.3 is 4.98 Å². The maximum Gasteiger partial charge on any atom is 0.0919 e. The Kier molecular flexibility index (Phi) is 5.07. The zero-order valence-corrected chi connectivity index (χ0v) is 14.9. The van der Waals surface area contributed by atoms with Crippen LogP contribution >= 0.6 is 0 Å². The molecular formula is C25H20N2. The van der Waals surface area contributed by atoms with E-state index in [1.807, 2.05) is 36.4 Å². The van der Waals surface area contributed by atoms with Gasteiger partial charge in [-0.05, 0) is 32.3 Å². The van der Waals surface area contributed by atoms with Crippen LogP contribution in [0.1, 0.15) is 0 Å². The van der Waals surface area contributed by atoms with Gasteiger partial charge in [0.25, 0.3) is 0 Å². The van der Waals surface area contributed by atoms with Crippen molar-refractivity contribution in [3.05, 3.63) is 116 Å². The molecule has 0 bridgehead atoms. The third kappa shape index (κ3) is 3.80. The number of hydrogen-bond acceptors (Lipinski definition) is 1. The number of nitrogens with one attached hydrogen (secondary N) is 1. The molecule has 2 heteroatoms. The van der Waals surface area contributed by atoms with Gasteiger partial charge in [-0.1, -0.05) is 97.1 Å². The number of hydrogen-bond donors (Lipinski definition) is 1. The van der Waals surface area contributed by atoms with Crippen LogP contribution in [0.4, 0.5) is 0 Å². The van der Waals surface area contributed by atoms with Gasteiger partial charge in [0.1, 0.15) is 0 Å². The molecule has 0 aliphatic heterocycles. The quantitative estimate of drug-likeness (QED) is 0.305. The third-order valence-corrected chi connectivity index (χ3v) is 4.47. The van der Waals surface area contributed by atoms with E-state index in [0.717, 1.165) is 0 Å². The van der Waals surface area contributed by atoms with Crippen molar-refractivity contribution >= 4 is 32.3 Å². The Morgan fingerprint density at radius 2 is 0.889 bits per heavy atom. The minimum atomic E-state index is 1.34. The van der Waals surface area contributed by atoms with Crippen molar-refractivity contribution in [3.8, 4) is 0 Å². The molecule has 1 heterocycles. The molecule has 2 nitrogen and oxygen atoms in total. The van der Waals surface area contributed by atoms with Crippen LogP contribution in [0.15, 0.2) is 116 Å². The van der Waals surface area contributed by atoms with Crippen molar-refractivity contribution in [2.24, 2.45) is 0 Å². The van der Waals surface area contributed by atoms with E-state index < -0.39 is 0 Å². The third-order valence-electron chi connectivity index (χ3n) is 4.47. The summed E-state index contributed by atoms with van der Waals surface area (Å²) in [4.78, 5) is 6.42. The smallest absolute Gasteiger partial charge is 0.0919 e. The lowest BCUT2D eigenvalue weighted by molar-refractivity contribution is 1.31. The number of H-pyrrole nitrogens is 1. The summed E-state index contributed by atoms with van der Waals surface area (Å²) in [5.41, 5.74) is 0. The first-order valence-electron chi connectivity index (χ1n) is 8.99. The SMILES string of the molecule is c1c[nH]cn1.c1cc2ccc3cccc4ccc(c1)c2c34.c1ccccc1. The molecule has 1 aromatic heterocycles. The molecule has 0 unspecified atom stereocenters. The Hall–Kier alpha value is -3.65. The normalized spacial score (nSPS) is 10.2. The molecule has 0 spiro atoms. The molecule has 27 heavy (non-hydrogen) atoms. The summed E-state index contributed by atoms with van der Waals surface area (Å²) in [6, 6.07) is 33.9. The number of aromatic nitrogens is 2. The van der Waals surface area contributed by atoms with Crippen molar-refractivity contribution < 1.29 is 0 Å². The summed E-state index contributed by atoms with van der Waals surface area (Å²) in [5, 5.41) is 8.14. The van der Waals surface area contributed by atoms with E-state index in [4.69, 9.17) is 0 Å². The molecule has 0 aliphatic rings. The average molecular weight is 348 g/mol. The van der Waals surface area contributed by atoms with E-state index in [1.165, 1.54) is 32.3 Å². The highest BCUT2D eigenvalue weighted by Crippen LogP contribution is 2.33. The largest absolute Gasteiger partial charge is 0.351 e. The van der Waals surface area contributed by atoms with Crippen LogP contribution in [0.25, 0.3) is 32.3 Å². The zero-order valence-electron chi connectivity index (χ0n) is 14.9. The second kappa shape index (κ2) is 8.15. The van der Waals surface area contributed by atoms with Crippen LogP contribution in [-0.2, 0) is 0 Å². The fraction of sp³-hybridized carbons (Fsp3) is 0. The molecular weight excluding hydrogens is 328 g/mol. The lowest BCUT2D eigenvalue weighted by Crippen LogP contribution is -1.82. The van der Waals surface area contributed by atoms with Gasteiger partial charge in [0.15, 0.2) is 0 Å². The predicted molar refractivity (Wildman–Crippen MR) is 115 cm³/mol. The van der Waals surface area contributed by atoms with E-state index in [-0.39, 0.29) is 0 Å². The second-order valence-corrected chi connectivity index (χ2v) is 6.20.